The summed E-state index contributed by atoms with van der Waals surface area (Å²) in [5, 5.41) is 17.8. The molecule has 0 saturated heterocycles. The molecule has 5 nitrogen and oxygen atoms in total. The molecule has 5 heteroatoms. The summed E-state index contributed by atoms with van der Waals surface area (Å²) >= 11 is 0. The van der Waals surface area contributed by atoms with Crippen LogP contribution in [0, 0.1) is 11.8 Å². The van der Waals surface area contributed by atoms with Crippen LogP contribution in [0.3, 0.4) is 0 Å². The predicted molar refractivity (Wildman–Crippen MR) is 72.0 cm³/mol. The van der Waals surface area contributed by atoms with Gasteiger partial charge in [-0.2, -0.15) is 0 Å². The van der Waals surface area contributed by atoms with E-state index in [2.05, 4.69) is 13.8 Å². The molecule has 0 aromatic heterocycles. The van der Waals surface area contributed by atoms with Gasteiger partial charge in [-0.3, -0.25) is 14.5 Å². The minimum Gasteiger partial charge on any atom is -0.480 e. The lowest BCUT2D eigenvalue weighted by molar-refractivity contribution is -0.143. The average molecular weight is 271 g/mol. The average Bonchev–Trinajstić information content (AvgIpc) is 2.26. The summed E-state index contributed by atoms with van der Waals surface area (Å²) in [6, 6.07) is 0.102. The number of rotatable bonds is 7. The second-order valence-electron chi connectivity index (χ2n) is 6.01. The molecule has 0 amide bonds. The summed E-state index contributed by atoms with van der Waals surface area (Å²) in [7, 11) is 0. The van der Waals surface area contributed by atoms with Crippen LogP contribution >= 0.6 is 0 Å². The summed E-state index contributed by atoms with van der Waals surface area (Å²) in [5.41, 5.74) is 0. The topological polar surface area (TPSA) is 77.8 Å². The molecule has 0 spiro atoms. The van der Waals surface area contributed by atoms with E-state index in [1.165, 1.54) is 6.42 Å². The van der Waals surface area contributed by atoms with E-state index >= 15 is 0 Å². The minimum absolute atomic E-state index is 0.102. The lowest BCUT2D eigenvalue weighted by atomic mass is 9.80. The molecular weight excluding hydrogens is 246 g/mol. The highest BCUT2D eigenvalue weighted by Gasteiger charge is 2.29. The van der Waals surface area contributed by atoms with Crippen molar-refractivity contribution in [2.45, 2.75) is 52.0 Å². The zero-order valence-electron chi connectivity index (χ0n) is 11.8. The first kappa shape index (κ1) is 16.0. The van der Waals surface area contributed by atoms with Crippen LogP contribution in [0.25, 0.3) is 0 Å². The van der Waals surface area contributed by atoms with E-state index < -0.39 is 11.9 Å². The summed E-state index contributed by atoms with van der Waals surface area (Å²) in [5.74, 6) is -0.667. The molecule has 1 saturated carbocycles. The number of carboxylic acid groups (broad SMARTS) is 2. The number of aliphatic carboxylic acids is 2. The van der Waals surface area contributed by atoms with Gasteiger partial charge in [0.1, 0.15) is 0 Å². The van der Waals surface area contributed by atoms with Gasteiger partial charge in [0.05, 0.1) is 13.1 Å². The van der Waals surface area contributed by atoms with E-state index in [0.29, 0.717) is 11.8 Å². The van der Waals surface area contributed by atoms with Gasteiger partial charge in [-0.15, -0.1) is 0 Å². The molecule has 1 aliphatic carbocycles. The second-order valence-corrected chi connectivity index (χ2v) is 6.01. The summed E-state index contributed by atoms with van der Waals surface area (Å²) in [6.07, 6.45) is 5.23. The number of nitrogens with zero attached hydrogens (tertiary/aromatic N) is 1. The Balaban J connectivity index is 2.61. The van der Waals surface area contributed by atoms with Crippen LogP contribution in [-0.4, -0.2) is 46.2 Å². The van der Waals surface area contributed by atoms with E-state index in [0.717, 1.165) is 25.7 Å². The summed E-state index contributed by atoms with van der Waals surface area (Å²) in [6.45, 7) is 4.03. The number of hydrogen-bond acceptors (Lipinski definition) is 3. The van der Waals surface area contributed by atoms with Gasteiger partial charge in [-0.05, 0) is 31.1 Å². The Bertz CT molecular complexity index is 301. The molecular formula is C14H25NO4. The molecule has 1 fully saturated rings. The lowest BCUT2D eigenvalue weighted by Gasteiger charge is -2.36. The fourth-order valence-corrected chi connectivity index (χ4v) is 3.14. The van der Waals surface area contributed by atoms with E-state index in [4.69, 9.17) is 10.2 Å². The first-order valence-corrected chi connectivity index (χ1v) is 7.06. The van der Waals surface area contributed by atoms with Gasteiger partial charge in [-0.1, -0.05) is 26.7 Å². The van der Waals surface area contributed by atoms with E-state index in [1.807, 2.05) is 0 Å². The summed E-state index contributed by atoms with van der Waals surface area (Å²) < 4.78 is 0. The van der Waals surface area contributed by atoms with Gasteiger partial charge >= 0.3 is 11.9 Å². The van der Waals surface area contributed by atoms with Crippen LogP contribution in [0.1, 0.15) is 46.0 Å². The van der Waals surface area contributed by atoms with E-state index in [-0.39, 0.29) is 19.1 Å². The van der Waals surface area contributed by atoms with Crippen molar-refractivity contribution < 1.29 is 19.8 Å². The smallest absolute Gasteiger partial charge is 0.317 e. The van der Waals surface area contributed by atoms with Crippen molar-refractivity contribution in [2.24, 2.45) is 11.8 Å². The highest BCUT2D eigenvalue weighted by Crippen LogP contribution is 2.31. The van der Waals surface area contributed by atoms with Gasteiger partial charge in [0.2, 0.25) is 0 Å². The normalized spacial score (nSPS) is 23.8. The Morgan fingerprint density at radius 1 is 1.16 bits per heavy atom. The van der Waals surface area contributed by atoms with Crippen molar-refractivity contribution in [1.29, 1.82) is 0 Å². The molecule has 0 radical (unpaired) electrons. The molecule has 1 rings (SSSR count). The largest absolute Gasteiger partial charge is 0.480 e. The molecule has 0 aliphatic heterocycles. The third-order valence-corrected chi connectivity index (χ3v) is 3.75. The third kappa shape index (κ3) is 6.05. The Morgan fingerprint density at radius 2 is 1.74 bits per heavy atom. The molecule has 0 bridgehead atoms. The van der Waals surface area contributed by atoms with Gasteiger partial charge < -0.3 is 10.2 Å². The third-order valence-electron chi connectivity index (χ3n) is 3.75. The van der Waals surface area contributed by atoms with E-state index in [1.54, 1.807) is 4.90 Å². The fourth-order valence-electron chi connectivity index (χ4n) is 3.14. The zero-order valence-corrected chi connectivity index (χ0v) is 11.8. The number of carboxylic acids is 2. The quantitative estimate of drug-likeness (QED) is 0.741. The molecule has 0 aromatic carbocycles. The monoisotopic (exact) mass is 271 g/mol. The molecule has 2 N–H and O–H groups in total. The Labute approximate surface area is 114 Å². The van der Waals surface area contributed by atoms with Crippen LogP contribution in [-0.2, 0) is 9.59 Å². The Hall–Kier alpha value is -1.10. The SMILES string of the molecule is CC(C)CC1CCCC(N(CC(=O)O)CC(=O)O)C1. The van der Waals surface area contributed by atoms with Gasteiger partial charge in [0.15, 0.2) is 0 Å². The van der Waals surface area contributed by atoms with Gasteiger partial charge in [-0.25, -0.2) is 0 Å². The lowest BCUT2D eigenvalue weighted by Crippen LogP contribution is -2.44. The molecule has 19 heavy (non-hydrogen) atoms. The fraction of sp³-hybridized carbons (Fsp3) is 0.857. The molecule has 2 atom stereocenters. The van der Waals surface area contributed by atoms with Crippen molar-refractivity contribution >= 4 is 11.9 Å². The molecule has 2 unspecified atom stereocenters. The standard InChI is InChI=1S/C14H25NO4/c1-10(2)6-11-4-3-5-12(7-11)15(8-13(16)17)9-14(18)19/h10-12H,3-9H2,1-2H3,(H,16,17)(H,18,19). The van der Waals surface area contributed by atoms with Crippen LogP contribution < -0.4 is 0 Å². The predicted octanol–water partition coefficient (Wildman–Crippen LogP) is 2.06. The van der Waals surface area contributed by atoms with Crippen molar-refractivity contribution in [3.63, 3.8) is 0 Å². The van der Waals surface area contributed by atoms with Gasteiger partial charge in [0, 0.05) is 6.04 Å². The molecule has 0 heterocycles. The van der Waals surface area contributed by atoms with Crippen molar-refractivity contribution in [3.05, 3.63) is 0 Å². The van der Waals surface area contributed by atoms with Crippen molar-refractivity contribution in [2.75, 3.05) is 13.1 Å². The van der Waals surface area contributed by atoms with E-state index in [9.17, 15) is 9.59 Å². The minimum atomic E-state index is -0.952. The van der Waals surface area contributed by atoms with Crippen LogP contribution in [0.4, 0.5) is 0 Å². The van der Waals surface area contributed by atoms with Crippen molar-refractivity contribution in [3.8, 4) is 0 Å². The van der Waals surface area contributed by atoms with Crippen LogP contribution in [0.2, 0.25) is 0 Å². The first-order valence-electron chi connectivity index (χ1n) is 7.06. The molecule has 110 valence electrons. The molecule has 1 aliphatic rings. The van der Waals surface area contributed by atoms with Crippen LogP contribution in [0.5, 0.6) is 0 Å². The maximum Gasteiger partial charge on any atom is 0.317 e. The summed E-state index contributed by atoms with van der Waals surface area (Å²) in [4.78, 5) is 23.3. The zero-order chi connectivity index (χ0) is 14.4. The highest BCUT2D eigenvalue weighted by molar-refractivity contribution is 5.72. The first-order chi connectivity index (χ1) is 8.88. The number of carbonyl (C=O) groups is 2. The van der Waals surface area contributed by atoms with Crippen molar-refractivity contribution in [1.82, 2.24) is 4.90 Å². The second kappa shape index (κ2) is 7.48. The molecule has 0 aromatic rings. The highest BCUT2D eigenvalue weighted by atomic mass is 16.4. The maximum absolute atomic E-state index is 10.9. The maximum atomic E-state index is 10.9. The van der Waals surface area contributed by atoms with Gasteiger partial charge in [0.25, 0.3) is 0 Å². The Kier molecular flexibility index (Phi) is 6.28. The number of hydrogen-bond donors (Lipinski definition) is 2. The van der Waals surface area contributed by atoms with Crippen LogP contribution in [0.15, 0.2) is 0 Å². The Morgan fingerprint density at radius 3 is 2.21 bits per heavy atom.